The van der Waals surface area contributed by atoms with Gasteiger partial charge in [-0.25, -0.2) is 0 Å². The van der Waals surface area contributed by atoms with Crippen LogP contribution in [0.25, 0.3) is 0 Å². The SMILES string of the molecule is Cc1c(Cl)cccc1C(=O)NC1(C(N)=S)CCN(C)CC1. The number of nitrogens with one attached hydrogen (secondary N) is 1. The van der Waals surface area contributed by atoms with Crippen molar-refractivity contribution in [1.82, 2.24) is 10.2 Å². The minimum absolute atomic E-state index is 0.174. The molecular weight excluding hydrogens is 306 g/mol. The van der Waals surface area contributed by atoms with Crippen LogP contribution >= 0.6 is 23.8 Å². The van der Waals surface area contributed by atoms with Crippen molar-refractivity contribution in [2.75, 3.05) is 20.1 Å². The Morgan fingerprint density at radius 1 is 1.43 bits per heavy atom. The maximum absolute atomic E-state index is 12.6. The van der Waals surface area contributed by atoms with Crippen LogP contribution in [0, 0.1) is 6.92 Å². The Morgan fingerprint density at radius 3 is 2.62 bits per heavy atom. The average molecular weight is 326 g/mol. The van der Waals surface area contributed by atoms with E-state index in [4.69, 9.17) is 29.6 Å². The van der Waals surface area contributed by atoms with Crippen molar-refractivity contribution in [2.24, 2.45) is 5.73 Å². The first kappa shape index (κ1) is 16.2. The van der Waals surface area contributed by atoms with Crippen LogP contribution in [0.1, 0.15) is 28.8 Å². The van der Waals surface area contributed by atoms with E-state index in [1.54, 1.807) is 18.2 Å². The van der Waals surface area contributed by atoms with Gasteiger partial charge in [0, 0.05) is 23.7 Å². The monoisotopic (exact) mass is 325 g/mol. The van der Waals surface area contributed by atoms with Crippen molar-refractivity contribution in [3.8, 4) is 0 Å². The van der Waals surface area contributed by atoms with Crippen molar-refractivity contribution in [3.05, 3.63) is 34.3 Å². The Kier molecular flexibility index (Phi) is 4.86. The minimum Gasteiger partial charge on any atom is -0.391 e. The molecule has 0 atom stereocenters. The normalized spacial score (nSPS) is 18.2. The third-order valence-corrected chi connectivity index (χ3v) is 4.98. The van der Waals surface area contributed by atoms with Gasteiger partial charge in [-0.2, -0.15) is 0 Å². The molecule has 1 amide bonds. The molecule has 1 aromatic carbocycles. The van der Waals surface area contributed by atoms with E-state index in [-0.39, 0.29) is 5.91 Å². The van der Waals surface area contributed by atoms with Gasteiger partial charge in [0.25, 0.3) is 5.91 Å². The van der Waals surface area contributed by atoms with Gasteiger partial charge >= 0.3 is 0 Å². The highest BCUT2D eigenvalue weighted by Gasteiger charge is 2.38. The average Bonchev–Trinajstić information content (AvgIpc) is 2.44. The molecule has 1 aliphatic rings. The predicted octanol–water partition coefficient (Wildman–Crippen LogP) is 2.13. The van der Waals surface area contributed by atoms with Crippen molar-refractivity contribution in [2.45, 2.75) is 25.3 Å². The highest BCUT2D eigenvalue weighted by Crippen LogP contribution is 2.24. The van der Waals surface area contributed by atoms with E-state index in [1.165, 1.54) is 0 Å². The van der Waals surface area contributed by atoms with Crippen LogP contribution in [0.3, 0.4) is 0 Å². The van der Waals surface area contributed by atoms with Crippen LogP contribution in [0.4, 0.5) is 0 Å². The van der Waals surface area contributed by atoms with Crippen LogP contribution in [0.15, 0.2) is 18.2 Å². The predicted molar refractivity (Wildman–Crippen MR) is 89.9 cm³/mol. The minimum atomic E-state index is -0.603. The molecule has 6 heteroatoms. The van der Waals surface area contributed by atoms with E-state index in [9.17, 15) is 4.79 Å². The molecule has 0 aliphatic carbocycles. The van der Waals surface area contributed by atoms with Crippen LogP contribution in [-0.2, 0) is 0 Å². The van der Waals surface area contributed by atoms with Crippen LogP contribution in [-0.4, -0.2) is 41.5 Å². The van der Waals surface area contributed by atoms with Gasteiger partial charge in [0.15, 0.2) is 0 Å². The summed E-state index contributed by atoms with van der Waals surface area (Å²) in [4.78, 5) is 15.1. The highest BCUT2D eigenvalue weighted by molar-refractivity contribution is 7.80. The Bertz CT molecular complexity index is 568. The molecular formula is C15H20ClN3OS. The number of carbonyl (C=O) groups excluding carboxylic acids is 1. The molecule has 114 valence electrons. The first-order valence-corrected chi connectivity index (χ1v) is 7.70. The van der Waals surface area contributed by atoms with Gasteiger partial charge in [-0.1, -0.05) is 29.9 Å². The molecule has 1 aliphatic heterocycles. The van der Waals surface area contributed by atoms with E-state index < -0.39 is 5.54 Å². The summed E-state index contributed by atoms with van der Waals surface area (Å²) in [5.74, 6) is -0.174. The zero-order valence-corrected chi connectivity index (χ0v) is 13.9. The molecule has 21 heavy (non-hydrogen) atoms. The fraction of sp³-hybridized carbons (Fsp3) is 0.467. The molecule has 1 saturated heterocycles. The first-order valence-electron chi connectivity index (χ1n) is 6.92. The number of nitrogens with zero attached hydrogens (tertiary/aromatic N) is 1. The number of carbonyl (C=O) groups is 1. The lowest BCUT2D eigenvalue weighted by Gasteiger charge is -2.40. The number of nitrogens with two attached hydrogens (primary N) is 1. The lowest BCUT2D eigenvalue weighted by molar-refractivity contribution is 0.0889. The van der Waals surface area contributed by atoms with E-state index in [2.05, 4.69) is 10.2 Å². The number of hydrogen-bond acceptors (Lipinski definition) is 3. The summed E-state index contributed by atoms with van der Waals surface area (Å²) < 4.78 is 0. The molecule has 0 bridgehead atoms. The lowest BCUT2D eigenvalue weighted by Crippen LogP contribution is -2.61. The molecule has 1 aromatic rings. The zero-order valence-electron chi connectivity index (χ0n) is 12.3. The summed E-state index contributed by atoms with van der Waals surface area (Å²) in [5.41, 5.74) is 6.64. The summed E-state index contributed by atoms with van der Waals surface area (Å²) >= 11 is 11.3. The number of halogens is 1. The van der Waals surface area contributed by atoms with Crippen molar-refractivity contribution in [1.29, 1.82) is 0 Å². The Balaban J connectivity index is 2.23. The number of piperidine rings is 1. The third kappa shape index (κ3) is 3.36. The molecule has 0 unspecified atom stereocenters. The number of thiocarbonyl (C=S) groups is 1. The van der Waals surface area contributed by atoms with E-state index in [0.717, 1.165) is 31.5 Å². The fourth-order valence-electron chi connectivity index (χ4n) is 2.57. The number of benzene rings is 1. The summed E-state index contributed by atoms with van der Waals surface area (Å²) in [7, 11) is 2.05. The Morgan fingerprint density at radius 2 is 2.05 bits per heavy atom. The first-order chi connectivity index (χ1) is 9.85. The third-order valence-electron chi connectivity index (χ3n) is 4.18. The van der Waals surface area contributed by atoms with Gasteiger partial charge in [0.05, 0.1) is 10.5 Å². The molecule has 1 heterocycles. The van der Waals surface area contributed by atoms with Gasteiger partial charge in [-0.3, -0.25) is 4.79 Å². The summed E-state index contributed by atoms with van der Waals surface area (Å²) in [6.07, 6.45) is 1.45. The molecule has 0 aromatic heterocycles. The fourth-order valence-corrected chi connectivity index (χ4v) is 3.00. The van der Waals surface area contributed by atoms with E-state index in [1.807, 2.05) is 14.0 Å². The molecule has 2 rings (SSSR count). The van der Waals surface area contributed by atoms with Gasteiger partial charge < -0.3 is 16.0 Å². The second-order valence-corrected chi connectivity index (χ2v) is 6.46. The van der Waals surface area contributed by atoms with Gasteiger partial charge in [-0.15, -0.1) is 0 Å². The second-order valence-electron chi connectivity index (χ2n) is 5.62. The summed E-state index contributed by atoms with van der Waals surface area (Å²) in [6, 6.07) is 5.30. The number of rotatable bonds is 3. The molecule has 0 saturated carbocycles. The quantitative estimate of drug-likeness (QED) is 0.836. The summed E-state index contributed by atoms with van der Waals surface area (Å²) in [6.45, 7) is 3.54. The number of likely N-dealkylation sites (tertiary alicyclic amines) is 1. The zero-order chi connectivity index (χ0) is 15.6. The van der Waals surface area contributed by atoms with Crippen LogP contribution < -0.4 is 11.1 Å². The van der Waals surface area contributed by atoms with Gasteiger partial charge in [0.2, 0.25) is 0 Å². The van der Waals surface area contributed by atoms with E-state index >= 15 is 0 Å². The molecule has 4 nitrogen and oxygen atoms in total. The summed E-state index contributed by atoms with van der Waals surface area (Å²) in [5, 5.41) is 3.63. The Labute approximate surface area is 135 Å². The van der Waals surface area contributed by atoms with Gasteiger partial charge in [0.1, 0.15) is 0 Å². The number of amides is 1. The smallest absolute Gasteiger partial charge is 0.252 e. The largest absolute Gasteiger partial charge is 0.391 e. The van der Waals surface area contributed by atoms with Crippen LogP contribution in [0.5, 0.6) is 0 Å². The molecule has 0 radical (unpaired) electrons. The molecule has 3 N–H and O–H groups in total. The van der Waals surface area contributed by atoms with Crippen molar-refractivity contribution in [3.63, 3.8) is 0 Å². The maximum atomic E-state index is 12.6. The maximum Gasteiger partial charge on any atom is 0.252 e. The van der Waals surface area contributed by atoms with Crippen LogP contribution in [0.2, 0.25) is 5.02 Å². The highest BCUT2D eigenvalue weighted by atomic mass is 35.5. The standard InChI is InChI=1S/C15H20ClN3OS/c1-10-11(4-3-5-12(10)16)13(20)18-15(14(17)21)6-8-19(2)9-7-15/h3-5H,6-9H2,1-2H3,(H2,17,21)(H,18,20). The topological polar surface area (TPSA) is 58.4 Å². The van der Waals surface area contributed by atoms with Crippen molar-refractivity contribution < 1.29 is 4.79 Å². The van der Waals surface area contributed by atoms with Crippen molar-refractivity contribution >= 4 is 34.7 Å². The lowest BCUT2D eigenvalue weighted by atomic mass is 9.87. The Hall–Kier alpha value is -1.17. The molecule has 1 fully saturated rings. The van der Waals surface area contributed by atoms with E-state index in [0.29, 0.717) is 15.6 Å². The van der Waals surface area contributed by atoms with Gasteiger partial charge in [-0.05, 0) is 44.5 Å². The molecule has 0 spiro atoms. The number of hydrogen-bond donors (Lipinski definition) is 2. The second kappa shape index (κ2) is 6.30.